The number of hydrogen-bond donors (Lipinski definition) is 1. The highest BCUT2D eigenvalue weighted by molar-refractivity contribution is 5.95. The molecule has 1 aliphatic heterocycles. The van der Waals surface area contributed by atoms with Gasteiger partial charge in [-0.05, 0) is 43.0 Å². The molecule has 1 spiro atoms. The monoisotopic (exact) mass is 392 g/mol. The van der Waals surface area contributed by atoms with E-state index in [2.05, 4.69) is 15.3 Å². The molecule has 2 aliphatic rings. The lowest BCUT2D eigenvalue weighted by molar-refractivity contribution is -0.128. The Morgan fingerprint density at radius 2 is 1.86 bits per heavy atom. The number of pyridine rings is 2. The third-order valence-electron chi connectivity index (χ3n) is 6.46. The van der Waals surface area contributed by atoms with E-state index in [1.165, 1.54) is 6.42 Å². The van der Waals surface area contributed by atoms with E-state index in [4.69, 9.17) is 0 Å². The van der Waals surface area contributed by atoms with Crippen molar-refractivity contribution in [3.63, 3.8) is 0 Å². The van der Waals surface area contributed by atoms with E-state index in [1.807, 2.05) is 23.2 Å². The van der Waals surface area contributed by atoms with Crippen molar-refractivity contribution in [3.8, 4) is 0 Å². The van der Waals surface area contributed by atoms with Gasteiger partial charge in [0.1, 0.15) is 0 Å². The molecular formula is C23H28N4O2. The van der Waals surface area contributed by atoms with Crippen molar-refractivity contribution in [1.82, 2.24) is 20.2 Å². The standard InChI is InChI=1S/C23H28N4O2/c28-21(26-14-6-18-5-4-11-25-15-18)20-16-27(17-23(20)9-2-1-3-10-23)22(29)19-7-12-24-13-8-19/h4-5,7-8,11-13,15,20H,1-3,6,9-10,14,16-17H2,(H,26,28). The summed E-state index contributed by atoms with van der Waals surface area (Å²) in [6.07, 6.45) is 13.2. The van der Waals surface area contributed by atoms with Crippen LogP contribution in [-0.2, 0) is 11.2 Å². The van der Waals surface area contributed by atoms with Gasteiger partial charge in [-0.1, -0.05) is 25.3 Å². The zero-order valence-corrected chi connectivity index (χ0v) is 16.7. The normalized spacial score (nSPS) is 20.6. The number of nitrogens with zero attached hydrogens (tertiary/aromatic N) is 3. The summed E-state index contributed by atoms with van der Waals surface area (Å²) >= 11 is 0. The van der Waals surface area contributed by atoms with Gasteiger partial charge in [-0.25, -0.2) is 0 Å². The molecule has 2 fully saturated rings. The third-order valence-corrected chi connectivity index (χ3v) is 6.46. The van der Waals surface area contributed by atoms with Gasteiger partial charge in [-0.15, -0.1) is 0 Å². The van der Waals surface area contributed by atoms with Crippen LogP contribution < -0.4 is 5.32 Å². The first-order valence-electron chi connectivity index (χ1n) is 10.5. The number of nitrogens with one attached hydrogen (secondary N) is 1. The van der Waals surface area contributed by atoms with Crippen LogP contribution in [0.3, 0.4) is 0 Å². The average Bonchev–Trinajstić information content (AvgIpc) is 3.13. The minimum absolute atomic E-state index is 0.00279. The number of aromatic nitrogens is 2. The second kappa shape index (κ2) is 8.72. The van der Waals surface area contributed by atoms with E-state index in [0.29, 0.717) is 25.2 Å². The van der Waals surface area contributed by atoms with E-state index in [1.54, 1.807) is 30.7 Å². The molecule has 2 aromatic heterocycles. The van der Waals surface area contributed by atoms with Gasteiger partial charge in [-0.3, -0.25) is 19.6 Å². The summed E-state index contributed by atoms with van der Waals surface area (Å²) < 4.78 is 0. The molecule has 152 valence electrons. The first-order chi connectivity index (χ1) is 14.2. The first kappa shape index (κ1) is 19.6. The number of carbonyl (C=O) groups is 2. The molecule has 1 unspecified atom stereocenters. The predicted octanol–water partition coefficient (Wildman–Crippen LogP) is 2.86. The molecule has 1 N–H and O–H groups in total. The van der Waals surface area contributed by atoms with Crippen LogP contribution in [0.15, 0.2) is 49.1 Å². The quantitative estimate of drug-likeness (QED) is 0.849. The summed E-state index contributed by atoms with van der Waals surface area (Å²) in [4.78, 5) is 36.1. The Kier molecular flexibility index (Phi) is 5.88. The van der Waals surface area contributed by atoms with Gasteiger partial charge >= 0.3 is 0 Å². The molecule has 0 bridgehead atoms. The van der Waals surface area contributed by atoms with Crippen LogP contribution in [0.4, 0.5) is 0 Å². The van der Waals surface area contributed by atoms with E-state index in [9.17, 15) is 9.59 Å². The summed E-state index contributed by atoms with van der Waals surface area (Å²) in [5, 5.41) is 3.13. The Morgan fingerprint density at radius 1 is 1.07 bits per heavy atom. The average molecular weight is 393 g/mol. The fourth-order valence-electron chi connectivity index (χ4n) is 4.92. The van der Waals surface area contributed by atoms with E-state index >= 15 is 0 Å². The lowest BCUT2D eigenvalue weighted by Gasteiger charge is -2.37. The molecule has 2 amide bonds. The summed E-state index contributed by atoms with van der Waals surface area (Å²) in [5.41, 5.74) is 1.67. The van der Waals surface area contributed by atoms with Gasteiger partial charge in [0.2, 0.25) is 5.91 Å². The SMILES string of the molecule is O=C(NCCc1cccnc1)C1CN(C(=O)c2ccncc2)CC12CCCCC2. The summed E-state index contributed by atoms with van der Waals surface area (Å²) in [6.45, 7) is 1.77. The Labute approximate surface area is 171 Å². The molecule has 1 atom stereocenters. The minimum Gasteiger partial charge on any atom is -0.355 e. The van der Waals surface area contributed by atoms with Crippen molar-refractivity contribution in [3.05, 3.63) is 60.2 Å². The van der Waals surface area contributed by atoms with Crippen LogP contribution in [0.2, 0.25) is 0 Å². The predicted molar refractivity (Wildman–Crippen MR) is 110 cm³/mol. The zero-order chi connectivity index (χ0) is 20.1. The third kappa shape index (κ3) is 4.31. The smallest absolute Gasteiger partial charge is 0.254 e. The molecule has 29 heavy (non-hydrogen) atoms. The fourth-order valence-corrected chi connectivity index (χ4v) is 4.92. The molecule has 0 aromatic carbocycles. The van der Waals surface area contributed by atoms with Crippen molar-refractivity contribution in [2.45, 2.75) is 38.5 Å². The number of hydrogen-bond acceptors (Lipinski definition) is 4. The van der Waals surface area contributed by atoms with E-state index in [0.717, 1.165) is 37.7 Å². The first-order valence-corrected chi connectivity index (χ1v) is 10.5. The largest absolute Gasteiger partial charge is 0.355 e. The Balaban J connectivity index is 1.44. The Hall–Kier alpha value is -2.76. The molecule has 1 saturated carbocycles. The molecule has 0 radical (unpaired) electrons. The topological polar surface area (TPSA) is 75.2 Å². The van der Waals surface area contributed by atoms with Crippen LogP contribution >= 0.6 is 0 Å². The molecule has 1 aliphatic carbocycles. The summed E-state index contributed by atoms with van der Waals surface area (Å²) in [5.74, 6) is -0.0497. The molecule has 6 nitrogen and oxygen atoms in total. The van der Waals surface area contributed by atoms with Crippen molar-refractivity contribution in [2.24, 2.45) is 11.3 Å². The van der Waals surface area contributed by atoms with Gasteiger partial charge in [0, 0.05) is 55.4 Å². The van der Waals surface area contributed by atoms with Gasteiger partial charge < -0.3 is 10.2 Å². The molecule has 6 heteroatoms. The lowest BCUT2D eigenvalue weighted by Crippen LogP contribution is -2.43. The van der Waals surface area contributed by atoms with Gasteiger partial charge in [0.05, 0.1) is 5.92 Å². The molecule has 4 rings (SSSR count). The van der Waals surface area contributed by atoms with Crippen LogP contribution in [0, 0.1) is 11.3 Å². The van der Waals surface area contributed by atoms with Crippen molar-refractivity contribution in [2.75, 3.05) is 19.6 Å². The zero-order valence-electron chi connectivity index (χ0n) is 16.7. The highest BCUT2D eigenvalue weighted by Gasteiger charge is 2.51. The Bertz CT molecular complexity index is 834. The van der Waals surface area contributed by atoms with Crippen molar-refractivity contribution >= 4 is 11.8 Å². The second-order valence-electron chi connectivity index (χ2n) is 8.30. The number of carbonyl (C=O) groups excluding carboxylic acids is 2. The van der Waals surface area contributed by atoms with Crippen LogP contribution in [0.5, 0.6) is 0 Å². The molecule has 2 aromatic rings. The Morgan fingerprint density at radius 3 is 2.59 bits per heavy atom. The number of likely N-dealkylation sites (tertiary alicyclic amines) is 1. The molecule has 1 saturated heterocycles. The lowest BCUT2D eigenvalue weighted by atomic mass is 9.67. The van der Waals surface area contributed by atoms with Crippen LogP contribution in [0.25, 0.3) is 0 Å². The maximum absolute atomic E-state index is 13.1. The number of rotatable bonds is 5. The summed E-state index contributed by atoms with van der Waals surface area (Å²) in [7, 11) is 0. The maximum Gasteiger partial charge on any atom is 0.254 e. The number of amides is 2. The van der Waals surface area contributed by atoms with Crippen LogP contribution in [-0.4, -0.2) is 46.3 Å². The molecule has 3 heterocycles. The van der Waals surface area contributed by atoms with Crippen molar-refractivity contribution in [1.29, 1.82) is 0 Å². The highest BCUT2D eigenvalue weighted by Crippen LogP contribution is 2.47. The van der Waals surface area contributed by atoms with Crippen molar-refractivity contribution < 1.29 is 9.59 Å². The second-order valence-corrected chi connectivity index (χ2v) is 8.30. The highest BCUT2D eigenvalue weighted by atomic mass is 16.2. The molecular weight excluding hydrogens is 364 g/mol. The fraction of sp³-hybridized carbons (Fsp3) is 0.478. The van der Waals surface area contributed by atoms with E-state index < -0.39 is 0 Å². The van der Waals surface area contributed by atoms with E-state index in [-0.39, 0.29) is 23.1 Å². The van der Waals surface area contributed by atoms with Crippen LogP contribution in [0.1, 0.15) is 48.0 Å². The van der Waals surface area contributed by atoms with Gasteiger partial charge in [0.25, 0.3) is 5.91 Å². The minimum atomic E-state index is -0.137. The summed E-state index contributed by atoms with van der Waals surface area (Å²) in [6, 6.07) is 7.43. The maximum atomic E-state index is 13.1. The van der Waals surface area contributed by atoms with Gasteiger partial charge in [0.15, 0.2) is 0 Å². The van der Waals surface area contributed by atoms with Gasteiger partial charge in [-0.2, -0.15) is 0 Å².